The molecule has 1 saturated heterocycles. The maximum Gasteiger partial charge on any atom is 0.416 e. The number of halogens is 5. The van der Waals surface area contributed by atoms with E-state index in [9.17, 15) is 25.1 Å². The Morgan fingerprint density at radius 1 is 0.981 bits per heavy atom. The predicted octanol–water partition coefficient (Wildman–Crippen LogP) is 8.71. The summed E-state index contributed by atoms with van der Waals surface area (Å²) in [6.07, 6.45) is -6.00. The lowest BCUT2D eigenvalue weighted by molar-refractivity contribution is -0.137. The van der Waals surface area contributed by atoms with Crippen LogP contribution in [0.5, 0.6) is 0 Å². The maximum atomic E-state index is 15.6. The largest absolute Gasteiger partial charge is 0.416 e. The van der Waals surface area contributed by atoms with Crippen LogP contribution < -0.4 is 5.43 Å². The molecule has 1 amide bonds. The number of piperidine rings is 1. The Labute approximate surface area is 338 Å². The van der Waals surface area contributed by atoms with Gasteiger partial charge in [-0.05, 0) is 66.7 Å². The van der Waals surface area contributed by atoms with Crippen LogP contribution in [0.2, 0.25) is 0 Å². The summed E-state index contributed by atoms with van der Waals surface area (Å²) in [6, 6.07) is -20.7. The molecule has 0 spiro atoms. The highest BCUT2D eigenvalue weighted by atomic mass is 32.2. The summed E-state index contributed by atoms with van der Waals surface area (Å²) >= 11 is -0.343. The lowest BCUT2D eigenvalue weighted by atomic mass is 10.00. The van der Waals surface area contributed by atoms with Crippen molar-refractivity contribution >= 4 is 28.6 Å². The third-order valence-corrected chi connectivity index (χ3v) is 8.66. The molecule has 5 aromatic rings. The van der Waals surface area contributed by atoms with Crippen LogP contribution in [-0.2, 0) is 34.5 Å². The summed E-state index contributed by atoms with van der Waals surface area (Å²) in [5.74, 6) is -5.70. The summed E-state index contributed by atoms with van der Waals surface area (Å²) in [5.41, 5.74) is -13.1. The maximum absolute atomic E-state index is 15.6. The number of rotatable bonds is 12. The lowest BCUT2D eigenvalue weighted by Crippen LogP contribution is -2.48. The number of amides is 1. The molecule has 0 atom stereocenters. The fourth-order valence-electron chi connectivity index (χ4n) is 5.21. The van der Waals surface area contributed by atoms with Gasteiger partial charge in [-0.2, -0.15) is 13.2 Å². The van der Waals surface area contributed by atoms with Crippen molar-refractivity contribution in [2.45, 2.75) is 55.8 Å². The molecule has 12 heteroatoms. The molecule has 6 nitrogen and oxygen atoms in total. The Bertz CT molecular complexity index is 3160. The highest BCUT2D eigenvalue weighted by Gasteiger charge is 2.31. The number of likely N-dealkylation sites (tertiary alicyclic amines) is 1. The fraction of sp³-hybridized carbons (Fsp3) is 0.317. The number of methoxy groups -OCH3 is 1. The van der Waals surface area contributed by atoms with E-state index < -0.39 is 195 Å². The normalized spacial score (nSPS) is 20.6. The fourth-order valence-corrected chi connectivity index (χ4v) is 5.96. The molecule has 1 fully saturated rings. The van der Waals surface area contributed by atoms with Crippen molar-refractivity contribution in [1.82, 2.24) is 14.4 Å². The number of pyridine rings is 1. The average Bonchev–Trinajstić information content (AvgIpc) is 3.30. The van der Waals surface area contributed by atoms with Gasteiger partial charge in [0.1, 0.15) is 6.54 Å². The second-order valence-corrected chi connectivity index (χ2v) is 12.2. The highest BCUT2D eigenvalue weighted by molar-refractivity contribution is 7.98. The zero-order valence-corrected chi connectivity index (χ0v) is 28.5. The van der Waals surface area contributed by atoms with Crippen molar-refractivity contribution < 1.29 is 60.3 Å². The number of carbonyl (C=O) groups excluding carboxylic acids is 1. The van der Waals surface area contributed by atoms with E-state index in [1.807, 2.05) is 0 Å². The molecule has 278 valence electrons. The van der Waals surface area contributed by atoms with E-state index in [0.29, 0.717) is 9.47 Å². The van der Waals surface area contributed by atoms with Gasteiger partial charge in [0.25, 0.3) is 0 Å². The Kier molecular flexibility index (Phi) is 6.19. The zero-order valence-electron chi connectivity index (χ0n) is 48.7. The quantitative estimate of drug-likeness (QED) is 0.0940. The minimum atomic E-state index is -5.43. The Morgan fingerprint density at radius 3 is 2.32 bits per heavy atom. The van der Waals surface area contributed by atoms with Gasteiger partial charge in [0.05, 0.1) is 48.7 Å². The number of hydrogen-bond donors (Lipinski definition) is 0. The van der Waals surface area contributed by atoms with E-state index >= 15 is 9.18 Å². The zero-order chi connectivity index (χ0) is 56.1. The third kappa shape index (κ3) is 9.17. The third-order valence-electron chi connectivity index (χ3n) is 7.83. The molecular formula is C41H40F5N3O3S. The van der Waals surface area contributed by atoms with E-state index in [4.69, 9.17) is 30.8 Å². The van der Waals surface area contributed by atoms with Gasteiger partial charge in [-0.3, -0.25) is 9.59 Å². The molecule has 4 aromatic carbocycles. The second kappa shape index (κ2) is 16.7. The Morgan fingerprint density at radius 2 is 1.66 bits per heavy atom. The van der Waals surface area contributed by atoms with Gasteiger partial charge < -0.3 is 19.1 Å². The van der Waals surface area contributed by atoms with Crippen molar-refractivity contribution in [3.05, 3.63) is 135 Å². The molecule has 0 aliphatic carbocycles. The molecule has 1 aliphatic rings. The summed E-state index contributed by atoms with van der Waals surface area (Å²) in [5, 5.41) is -1.85. The average molecular weight is 771 g/mol. The van der Waals surface area contributed by atoms with Crippen LogP contribution in [0.3, 0.4) is 0 Å². The molecule has 0 bridgehead atoms. The standard InChI is InChI=1S/C41H40F5N3O3S/c1-27-6-15-36-34(22-27)37(50)23-39(53-26-31-4-3-5-35(42)40(31)43)49(36)25-38(51)48(33-16-18-47(19-17-33)20-21-52-2)24-28-7-9-29(10-8-28)30-11-13-32(14-12-30)41(44,45)46/h3-15,22-23,33H,16-21,24-26H2,1-2H3/i3D,4D,5D,6D,7D,8D,9D,10D,11D,12D,13D,14D,15D,21D2,22D,23D,24D2,26D2. The Hall–Kier alpha value is -4.52. The number of fused-ring (bicyclic) bond motifs is 1. The van der Waals surface area contributed by atoms with Crippen molar-refractivity contribution in [2.24, 2.45) is 0 Å². The number of carbonyl (C=O) groups is 1. The molecule has 2 heterocycles. The highest BCUT2D eigenvalue weighted by Crippen LogP contribution is 2.32. The molecule has 1 aromatic heterocycles. The van der Waals surface area contributed by atoms with Crippen molar-refractivity contribution in [3.63, 3.8) is 0 Å². The number of thioether (sulfide) groups is 1. The number of nitrogens with zero attached hydrogens (tertiary/aromatic N) is 3. The van der Waals surface area contributed by atoms with Crippen LogP contribution >= 0.6 is 11.8 Å². The van der Waals surface area contributed by atoms with Gasteiger partial charge in [-0.1, -0.05) is 59.9 Å². The summed E-state index contributed by atoms with van der Waals surface area (Å²) in [6.45, 7) is -6.74. The van der Waals surface area contributed by atoms with Crippen LogP contribution in [-0.4, -0.2) is 59.6 Å². The molecule has 0 radical (unpaired) electrons. The van der Waals surface area contributed by atoms with E-state index in [1.165, 1.54) is 11.8 Å². The SMILES string of the molecule is [2H]c1c([2H])c(F)c(F)c(C([2H])([2H])Sc2c([2H])c(=O)c3c([2H])c(C)c([2H])c([2H])c3n2CC(=O)N(C2CCN(CC([2H])([2H])OC)CC2)C([2H])([2H])c2c([2H])c([2H])c(-c3c([2H])c([2H])c(C(F)(F)F)c([2H])c3[2H])c([2H])c2[2H])c1[2H]. The van der Waals surface area contributed by atoms with Crippen LogP contribution in [0.4, 0.5) is 22.0 Å². The monoisotopic (exact) mass is 770 g/mol. The van der Waals surface area contributed by atoms with Gasteiger partial charge in [-0.15, -0.1) is 11.8 Å². The van der Waals surface area contributed by atoms with Gasteiger partial charge in [0.15, 0.2) is 17.1 Å². The number of alkyl halides is 3. The van der Waals surface area contributed by atoms with Crippen molar-refractivity contribution in [2.75, 3.05) is 33.3 Å². The van der Waals surface area contributed by atoms with Crippen LogP contribution in [0, 0.1) is 18.6 Å². The topological polar surface area (TPSA) is 54.8 Å². The van der Waals surface area contributed by atoms with Gasteiger partial charge in [0, 0.05) is 64.7 Å². The van der Waals surface area contributed by atoms with E-state index in [0.717, 1.165) is 7.11 Å². The first-order valence-corrected chi connectivity index (χ1v) is 16.4. The van der Waals surface area contributed by atoms with E-state index in [-0.39, 0.29) is 49.8 Å². The predicted molar refractivity (Wildman–Crippen MR) is 198 cm³/mol. The van der Waals surface area contributed by atoms with Gasteiger partial charge >= 0.3 is 6.18 Å². The first-order valence-electron chi connectivity index (χ1n) is 26.1. The Balaban J connectivity index is 1.63. The molecule has 53 heavy (non-hydrogen) atoms. The number of hydrogen-bond acceptors (Lipinski definition) is 5. The lowest BCUT2D eigenvalue weighted by Gasteiger charge is -2.39. The van der Waals surface area contributed by atoms with Crippen LogP contribution in [0.25, 0.3) is 22.0 Å². The second-order valence-electron chi connectivity index (χ2n) is 11.4. The van der Waals surface area contributed by atoms with Crippen molar-refractivity contribution in [3.8, 4) is 11.1 Å². The first kappa shape index (κ1) is 19.7. The molecule has 1 aliphatic heterocycles. The van der Waals surface area contributed by atoms with E-state index in [1.54, 1.807) is 0 Å². The van der Waals surface area contributed by atoms with Gasteiger partial charge in [0.2, 0.25) is 5.91 Å². The minimum Gasteiger partial charge on any atom is -0.383 e. The van der Waals surface area contributed by atoms with Crippen LogP contribution in [0.1, 0.15) is 63.9 Å². The smallest absolute Gasteiger partial charge is 0.383 e. The molecule has 6 rings (SSSR count). The number of ether oxygens (including phenoxy) is 1. The van der Waals surface area contributed by atoms with E-state index in [2.05, 4.69) is 0 Å². The van der Waals surface area contributed by atoms with Crippen molar-refractivity contribution in [1.29, 1.82) is 0 Å². The summed E-state index contributed by atoms with van der Waals surface area (Å²) in [4.78, 5) is 31.3. The molecule has 0 saturated carbocycles. The summed E-state index contributed by atoms with van der Waals surface area (Å²) in [7, 11) is 1.09. The number of aromatic nitrogens is 1. The first-order chi connectivity index (χ1) is 33.9. The number of benzene rings is 4. The summed E-state index contributed by atoms with van der Waals surface area (Å²) < 4.78 is 258. The van der Waals surface area contributed by atoms with Crippen LogP contribution in [0.15, 0.2) is 100 Å². The minimum absolute atomic E-state index is 0.134. The molecule has 0 N–H and O–H groups in total. The molecular weight excluding hydrogens is 710 g/mol. The molecule has 0 unspecified atom stereocenters. The van der Waals surface area contributed by atoms with Gasteiger partial charge in [-0.25, -0.2) is 8.78 Å².